The Morgan fingerprint density at radius 3 is 2.94 bits per heavy atom. The number of halogens is 2. The largest absolute Gasteiger partial charge is 0.312 e. The van der Waals surface area contributed by atoms with E-state index in [1.165, 1.54) is 0 Å². The van der Waals surface area contributed by atoms with Crippen molar-refractivity contribution in [2.45, 2.75) is 10.9 Å². The zero-order chi connectivity index (χ0) is 11.5. The lowest BCUT2D eigenvalue weighted by molar-refractivity contribution is 0.788. The van der Waals surface area contributed by atoms with Crippen LogP contribution in [0.2, 0.25) is 5.02 Å². The van der Waals surface area contributed by atoms with Gasteiger partial charge in [0.2, 0.25) is 0 Å². The van der Waals surface area contributed by atoms with Gasteiger partial charge in [0.15, 0.2) is 5.16 Å². The van der Waals surface area contributed by atoms with Crippen LogP contribution in [0.4, 0.5) is 0 Å². The van der Waals surface area contributed by atoms with Gasteiger partial charge in [-0.1, -0.05) is 45.4 Å². The molecular formula is C10H9BrClN3S. The lowest BCUT2D eigenvalue weighted by Crippen LogP contribution is -1.90. The number of rotatable bonds is 3. The molecule has 0 aliphatic heterocycles. The van der Waals surface area contributed by atoms with Crippen molar-refractivity contribution in [1.82, 2.24) is 14.8 Å². The van der Waals surface area contributed by atoms with Crippen LogP contribution in [0.15, 0.2) is 34.2 Å². The minimum atomic E-state index is 0.768. The van der Waals surface area contributed by atoms with E-state index in [0.717, 1.165) is 26.0 Å². The van der Waals surface area contributed by atoms with Crippen molar-refractivity contribution in [3.63, 3.8) is 0 Å². The van der Waals surface area contributed by atoms with E-state index in [0.29, 0.717) is 0 Å². The number of nitrogens with zero attached hydrogens (tertiary/aromatic N) is 3. The summed E-state index contributed by atoms with van der Waals surface area (Å²) in [5, 5.41) is 9.48. The van der Waals surface area contributed by atoms with Crippen LogP contribution in [0.25, 0.3) is 0 Å². The van der Waals surface area contributed by atoms with E-state index in [9.17, 15) is 0 Å². The summed E-state index contributed by atoms with van der Waals surface area (Å²) in [6.07, 6.45) is 1.69. The Bertz CT molecular complexity index is 501. The third-order valence-corrected chi connectivity index (χ3v) is 3.97. The molecule has 1 aromatic carbocycles. The Morgan fingerprint density at radius 1 is 1.50 bits per heavy atom. The van der Waals surface area contributed by atoms with Crippen LogP contribution in [0.3, 0.4) is 0 Å². The highest BCUT2D eigenvalue weighted by atomic mass is 79.9. The molecule has 0 amide bonds. The van der Waals surface area contributed by atoms with E-state index >= 15 is 0 Å². The van der Waals surface area contributed by atoms with E-state index in [2.05, 4.69) is 26.1 Å². The van der Waals surface area contributed by atoms with Crippen molar-refractivity contribution in [3.8, 4) is 0 Å². The molecule has 0 atom stereocenters. The predicted octanol–water partition coefficient (Wildman–Crippen LogP) is 3.52. The predicted molar refractivity (Wildman–Crippen MR) is 69.7 cm³/mol. The van der Waals surface area contributed by atoms with Crippen LogP contribution in [-0.2, 0) is 12.8 Å². The average molecular weight is 319 g/mol. The Labute approximate surface area is 111 Å². The van der Waals surface area contributed by atoms with Gasteiger partial charge in [0.1, 0.15) is 6.33 Å². The van der Waals surface area contributed by atoms with Crippen molar-refractivity contribution >= 4 is 39.3 Å². The molecule has 16 heavy (non-hydrogen) atoms. The molecule has 0 radical (unpaired) electrons. The van der Waals surface area contributed by atoms with Crippen molar-refractivity contribution in [2.75, 3.05) is 0 Å². The maximum Gasteiger partial charge on any atom is 0.191 e. The zero-order valence-corrected chi connectivity index (χ0v) is 11.7. The molecule has 0 fully saturated rings. The molecule has 1 aromatic heterocycles. The number of hydrogen-bond donors (Lipinski definition) is 0. The Kier molecular flexibility index (Phi) is 3.89. The summed E-state index contributed by atoms with van der Waals surface area (Å²) in [4.78, 5) is 0. The third kappa shape index (κ3) is 2.78. The summed E-state index contributed by atoms with van der Waals surface area (Å²) in [7, 11) is 1.92. The van der Waals surface area contributed by atoms with Crippen molar-refractivity contribution < 1.29 is 0 Å². The van der Waals surface area contributed by atoms with Gasteiger partial charge in [-0.25, -0.2) is 0 Å². The minimum absolute atomic E-state index is 0.768. The molecule has 3 nitrogen and oxygen atoms in total. The summed E-state index contributed by atoms with van der Waals surface area (Å²) in [6, 6.07) is 5.89. The fraction of sp³-hybridized carbons (Fsp3) is 0.200. The van der Waals surface area contributed by atoms with Gasteiger partial charge in [0.25, 0.3) is 0 Å². The van der Waals surface area contributed by atoms with Gasteiger partial charge in [-0.3, -0.25) is 0 Å². The maximum atomic E-state index is 6.12. The van der Waals surface area contributed by atoms with Gasteiger partial charge in [0, 0.05) is 22.3 Å². The molecule has 0 spiro atoms. The quantitative estimate of drug-likeness (QED) is 0.811. The molecule has 0 saturated heterocycles. The van der Waals surface area contributed by atoms with Gasteiger partial charge in [-0.05, 0) is 17.7 Å². The Morgan fingerprint density at radius 2 is 2.31 bits per heavy atom. The van der Waals surface area contributed by atoms with E-state index in [1.54, 1.807) is 18.1 Å². The molecule has 84 valence electrons. The Hall–Kier alpha value is -0.520. The van der Waals surface area contributed by atoms with Gasteiger partial charge in [-0.15, -0.1) is 10.2 Å². The van der Waals surface area contributed by atoms with Crippen molar-refractivity contribution in [3.05, 3.63) is 39.6 Å². The first-order valence-corrected chi connectivity index (χ1v) is 6.73. The lowest BCUT2D eigenvalue weighted by Gasteiger charge is -2.04. The number of aryl methyl sites for hydroxylation is 1. The number of hydrogen-bond acceptors (Lipinski definition) is 3. The van der Waals surface area contributed by atoms with Gasteiger partial charge in [0.05, 0.1) is 0 Å². The third-order valence-electron chi connectivity index (χ3n) is 2.04. The highest BCUT2D eigenvalue weighted by molar-refractivity contribution is 9.10. The molecule has 2 aromatic rings. The highest BCUT2D eigenvalue weighted by Crippen LogP contribution is 2.27. The topological polar surface area (TPSA) is 30.7 Å². The maximum absolute atomic E-state index is 6.12. The molecule has 0 bridgehead atoms. The summed E-state index contributed by atoms with van der Waals surface area (Å²) in [5.41, 5.74) is 1.10. The minimum Gasteiger partial charge on any atom is -0.312 e. The number of aromatic nitrogens is 3. The second kappa shape index (κ2) is 5.21. The van der Waals surface area contributed by atoms with Crippen LogP contribution in [0.5, 0.6) is 0 Å². The molecule has 0 saturated carbocycles. The number of thioether (sulfide) groups is 1. The Balaban J connectivity index is 2.08. The summed E-state index contributed by atoms with van der Waals surface area (Å²) in [6.45, 7) is 0. The molecule has 0 aliphatic carbocycles. The van der Waals surface area contributed by atoms with Gasteiger partial charge >= 0.3 is 0 Å². The van der Waals surface area contributed by atoms with E-state index in [4.69, 9.17) is 11.6 Å². The molecule has 6 heteroatoms. The van der Waals surface area contributed by atoms with Crippen LogP contribution < -0.4 is 0 Å². The van der Waals surface area contributed by atoms with Crippen LogP contribution in [0.1, 0.15) is 5.56 Å². The normalized spacial score (nSPS) is 10.7. The molecule has 1 heterocycles. The summed E-state index contributed by atoms with van der Waals surface area (Å²) >= 11 is 11.1. The fourth-order valence-electron chi connectivity index (χ4n) is 1.18. The number of benzene rings is 1. The van der Waals surface area contributed by atoms with E-state index < -0.39 is 0 Å². The molecule has 0 unspecified atom stereocenters. The average Bonchev–Trinajstić information content (AvgIpc) is 2.63. The van der Waals surface area contributed by atoms with E-state index in [1.807, 2.05) is 29.8 Å². The monoisotopic (exact) mass is 317 g/mol. The first-order valence-electron chi connectivity index (χ1n) is 4.57. The smallest absolute Gasteiger partial charge is 0.191 e. The zero-order valence-electron chi connectivity index (χ0n) is 8.52. The molecule has 0 aliphatic rings. The first kappa shape index (κ1) is 12.0. The van der Waals surface area contributed by atoms with Gasteiger partial charge in [-0.2, -0.15) is 0 Å². The SMILES string of the molecule is Cn1cnnc1SCc1ccc(Br)cc1Cl. The molecular weight excluding hydrogens is 310 g/mol. The molecule has 0 N–H and O–H groups in total. The fourth-order valence-corrected chi connectivity index (χ4v) is 2.90. The van der Waals surface area contributed by atoms with Crippen LogP contribution in [-0.4, -0.2) is 14.8 Å². The second-order valence-corrected chi connectivity index (χ2v) is 5.51. The lowest BCUT2D eigenvalue weighted by atomic mass is 10.2. The van der Waals surface area contributed by atoms with Crippen molar-refractivity contribution in [2.24, 2.45) is 7.05 Å². The van der Waals surface area contributed by atoms with Crippen LogP contribution in [0, 0.1) is 0 Å². The second-order valence-electron chi connectivity index (χ2n) is 3.25. The highest BCUT2D eigenvalue weighted by Gasteiger charge is 2.05. The first-order chi connectivity index (χ1) is 7.66. The standard InChI is InChI=1S/C10H9BrClN3S/c1-15-6-13-14-10(15)16-5-7-2-3-8(11)4-9(7)12/h2-4,6H,5H2,1H3. The van der Waals surface area contributed by atoms with Crippen molar-refractivity contribution in [1.29, 1.82) is 0 Å². The molecule has 2 rings (SSSR count). The summed E-state index contributed by atoms with van der Waals surface area (Å²) < 4.78 is 2.88. The van der Waals surface area contributed by atoms with Crippen LogP contribution >= 0.6 is 39.3 Å². The van der Waals surface area contributed by atoms with Gasteiger partial charge < -0.3 is 4.57 Å². The van der Waals surface area contributed by atoms with E-state index in [-0.39, 0.29) is 0 Å². The summed E-state index contributed by atoms with van der Waals surface area (Å²) in [5.74, 6) is 0.790.